The highest BCUT2D eigenvalue weighted by Crippen LogP contribution is 2.26. The lowest BCUT2D eigenvalue weighted by molar-refractivity contribution is -0.133. The molecule has 2 heterocycles. The van der Waals surface area contributed by atoms with Crippen molar-refractivity contribution in [2.75, 3.05) is 26.2 Å². The van der Waals surface area contributed by atoms with Crippen LogP contribution in [0.1, 0.15) is 30.3 Å². The van der Waals surface area contributed by atoms with Gasteiger partial charge in [0.05, 0.1) is 0 Å². The van der Waals surface area contributed by atoms with Crippen molar-refractivity contribution in [1.82, 2.24) is 19.4 Å². The lowest BCUT2D eigenvalue weighted by Gasteiger charge is -2.38. The van der Waals surface area contributed by atoms with Crippen molar-refractivity contribution >= 4 is 5.91 Å². The van der Waals surface area contributed by atoms with Crippen molar-refractivity contribution in [1.29, 1.82) is 0 Å². The van der Waals surface area contributed by atoms with Gasteiger partial charge in [-0.05, 0) is 24.0 Å². The minimum atomic E-state index is 0.273. The van der Waals surface area contributed by atoms with Crippen LogP contribution < -0.4 is 0 Å². The molecule has 1 aromatic heterocycles. The normalized spacial score (nSPS) is 18.3. The van der Waals surface area contributed by atoms with Crippen molar-refractivity contribution in [3.8, 4) is 0 Å². The second-order valence-electron chi connectivity index (χ2n) is 7.39. The predicted octanol–water partition coefficient (Wildman–Crippen LogP) is 2.15. The summed E-state index contributed by atoms with van der Waals surface area (Å²) < 4.78 is 2.10. The molecule has 26 heavy (non-hydrogen) atoms. The van der Waals surface area contributed by atoms with Crippen LogP contribution in [-0.2, 0) is 30.6 Å². The number of fused-ring (bicyclic) bond motifs is 1. The Labute approximate surface area is 155 Å². The van der Waals surface area contributed by atoms with E-state index in [-0.39, 0.29) is 5.91 Å². The van der Waals surface area contributed by atoms with Gasteiger partial charge in [-0.15, -0.1) is 0 Å². The van der Waals surface area contributed by atoms with Crippen LogP contribution in [0.2, 0.25) is 0 Å². The van der Waals surface area contributed by atoms with E-state index < -0.39 is 0 Å². The van der Waals surface area contributed by atoms with Crippen LogP contribution in [0.25, 0.3) is 0 Å². The number of rotatable bonds is 5. The first-order valence-electron chi connectivity index (χ1n) is 9.83. The largest absolute Gasteiger partial charge is 0.340 e. The third kappa shape index (κ3) is 3.54. The SMILES string of the molecule is CCc1nccn1CCC(=O)N1CCN(C2Cc3ccccc3C2)CC1. The number of piperazine rings is 1. The molecule has 0 unspecified atom stereocenters. The molecule has 0 atom stereocenters. The quantitative estimate of drug-likeness (QED) is 0.828. The van der Waals surface area contributed by atoms with Gasteiger partial charge in [0.25, 0.3) is 0 Å². The summed E-state index contributed by atoms with van der Waals surface area (Å²) in [5.41, 5.74) is 3.01. The lowest BCUT2D eigenvalue weighted by atomic mass is 10.1. The van der Waals surface area contributed by atoms with Gasteiger partial charge in [-0.25, -0.2) is 4.98 Å². The Morgan fingerprint density at radius 2 is 1.81 bits per heavy atom. The molecule has 1 aliphatic heterocycles. The van der Waals surface area contributed by atoms with Crippen molar-refractivity contribution in [2.24, 2.45) is 0 Å². The van der Waals surface area contributed by atoms with E-state index in [1.165, 1.54) is 11.1 Å². The highest BCUT2D eigenvalue weighted by Gasteiger charge is 2.30. The Hall–Kier alpha value is -2.14. The molecule has 2 aromatic rings. The maximum absolute atomic E-state index is 12.6. The Kier molecular flexibility index (Phi) is 5.07. The number of benzene rings is 1. The Morgan fingerprint density at radius 3 is 2.46 bits per heavy atom. The minimum absolute atomic E-state index is 0.273. The molecule has 0 saturated carbocycles. The van der Waals surface area contributed by atoms with Crippen LogP contribution in [0, 0.1) is 0 Å². The molecule has 4 rings (SSSR count). The Bertz CT molecular complexity index is 736. The summed E-state index contributed by atoms with van der Waals surface area (Å²) in [7, 11) is 0. The zero-order chi connectivity index (χ0) is 17.9. The number of imidazole rings is 1. The average molecular weight is 352 g/mol. The third-order valence-electron chi connectivity index (χ3n) is 5.90. The Morgan fingerprint density at radius 1 is 1.12 bits per heavy atom. The van der Waals surface area contributed by atoms with Gasteiger partial charge in [0.1, 0.15) is 5.82 Å². The molecule has 1 saturated heterocycles. The molecular weight excluding hydrogens is 324 g/mol. The van der Waals surface area contributed by atoms with Gasteiger partial charge in [-0.3, -0.25) is 9.69 Å². The summed E-state index contributed by atoms with van der Waals surface area (Å²) in [6.07, 6.45) is 7.58. The number of aryl methyl sites for hydroxylation is 2. The fourth-order valence-electron chi connectivity index (χ4n) is 4.36. The molecule has 0 N–H and O–H groups in total. The molecule has 1 aliphatic carbocycles. The van der Waals surface area contributed by atoms with E-state index in [1.807, 2.05) is 17.3 Å². The van der Waals surface area contributed by atoms with Crippen molar-refractivity contribution in [2.45, 2.75) is 45.2 Å². The van der Waals surface area contributed by atoms with Crippen LogP contribution in [0.5, 0.6) is 0 Å². The van der Waals surface area contributed by atoms with E-state index in [0.29, 0.717) is 12.5 Å². The van der Waals surface area contributed by atoms with Gasteiger partial charge in [0.15, 0.2) is 0 Å². The molecule has 1 fully saturated rings. The first-order chi connectivity index (χ1) is 12.7. The number of nitrogens with zero attached hydrogens (tertiary/aromatic N) is 4. The first-order valence-corrected chi connectivity index (χ1v) is 9.83. The summed E-state index contributed by atoms with van der Waals surface area (Å²) in [5, 5.41) is 0. The van der Waals surface area contributed by atoms with Gasteiger partial charge in [0.2, 0.25) is 5.91 Å². The van der Waals surface area contributed by atoms with E-state index in [4.69, 9.17) is 0 Å². The van der Waals surface area contributed by atoms with Crippen LogP contribution in [0.4, 0.5) is 0 Å². The summed E-state index contributed by atoms with van der Waals surface area (Å²) >= 11 is 0. The van der Waals surface area contributed by atoms with Crippen molar-refractivity contribution < 1.29 is 4.79 Å². The number of hydrogen-bond donors (Lipinski definition) is 0. The van der Waals surface area contributed by atoms with Crippen molar-refractivity contribution in [3.63, 3.8) is 0 Å². The van der Waals surface area contributed by atoms with Gasteiger partial charge in [-0.2, -0.15) is 0 Å². The zero-order valence-corrected chi connectivity index (χ0v) is 15.6. The molecule has 5 heteroatoms. The van der Waals surface area contributed by atoms with E-state index in [0.717, 1.165) is 57.8 Å². The number of hydrogen-bond acceptors (Lipinski definition) is 3. The molecule has 0 bridgehead atoms. The van der Waals surface area contributed by atoms with Crippen LogP contribution >= 0.6 is 0 Å². The molecule has 1 aromatic carbocycles. The number of carbonyl (C=O) groups is 1. The van der Waals surface area contributed by atoms with Gasteiger partial charge >= 0.3 is 0 Å². The summed E-state index contributed by atoms with van der Waals surface area (Å²) in [5.74, 6) is 1.33. The maximum atomic E-state index is 12.6. The summed E-state index contributed by atoms with van der Waals surface area (Å²) in [6, 6.07) is 9.41. The van der Waals surface area contributed by atoms with E-state index in [1.54, 1.807) is 0 Å². The summed E-state index contributed by atoms with van der Waals surface area (Å²) in [6.45, 7) is 6.54. The van der Waals surface area contributed by atoms with Gasteiger partial charge in [0, 0.05) is 64.0 Å². The average Bonchev–Trinajstić information content (AvgIpc) is 3.32. The second-order valence-corrected chi connectivity index (χ2v) is 7.39. The molecule has 2 aliphatic rings. The monoisotopic (exact) mass is 352 g/mol. The van der Waals surface area contributed by atoms with Gasteiger partial charge < -0.3 is 9.47 Å². The molecular formula is C21H28N4O. The zero-order valence-electron chi connectivity index (χ0n) is 15.6. The standard InChI is InChI=1S/C21H28N4O/c1-2-20-22-8-10-24(20)9-7-21(26)25-13-11-23(12-14-25)19-15-17-5-3-4-6-18(17)16-19/h3-6,8,10,19H,2,7,9,11-16H2,1H3. The van der Waals surface area contributed by atoms with E-state index >= 15 is 0 Å². The van der Waals surface area contributed by atoms with Crippen LogP contribution in [0.3, 0.4) is 0 Å². The maximum Gasteiger partial charge on any atom is 0.224 e. The minimum Gasteiger partial charge on any atom is -0.340 e. The second kappa shape index (κ2) is 7.62. The molecule has 138 valence electrons. The fraction of sp³-hybridized carbons (Fsp3) is 0.524. The van der Waals surface area contributed by atoms with Crippen LogP contribution in [0.15, 0.2) is 36.7 Å². The molecule has 5 nitrogen and oxygen atoms in total. The van der Waals surface area contributed by atoms with E-state index in [9.17, 15) is 4.79 Å². The molecule has 0 spiro atoms. The number of aromatic nitrogens is 2. The van der Waals surface area contributed by atoms with E-state index in [2.05, 4.69) is 45.6 Å². The predicted molar refractivity (Wildman–Crippen MR) is 102 cm³/mol. The van der Waals surface area contributed by atoms with Gasteiger partial charge in [-0.1, -0.05) is 31.2 Å². The Balaban J connectivity index is 1.25. The molecule has 0 radical (unpaired) electrons. The topological polar surface area (TPSA) is 41.4 Å². The summed E-state index contributed by atoms with van der Waals surface area (Å²) in [4.78, 5) is 21.5. The number of carbonyl (C=O) groups excluding carboxylic acids is 1. The first kappa shape index (κ1) is 17.3. The smallest absolute Gasteiger partial charge is 0.224 e. The lowest BCUT2D eigenvalue weighted by Crippen LogP contribution is -2.52. The fourth-order valence-corrected chi connectivity index (χ4v) is 4.36. The van der Waals surface area contributed by atoms with Crippen LogP contribution in [-0.4, -0.2) is 57.5 Å². The highest BCUT2D eigenvalue weighted by atomic mass is 16.2. The number of amides is 1. The highest BCUT2D eigenvalue weighted by molar-refractivity contribution is 5.76. The third-order valence-corrected chi connectivity index (χ3v) is 5.90. The van der Waals surface area contributed by atoms with Crippen molar-refractivity contribution in [3.05, 3.63) is 53.6 Å². The molecule has 1 amide bonds.